The molecule has 278 valence electrons. The van der Waals surface area contributed by atoms with E-state index in [-0.39, 0.29) is 5.04 Å². The molecule has 6 rings (SSSR count). The van der Waals surface area contributed by atoms with Crippen LogP contribution in [0, 0.1) is 17.2 Å². The highest BCUT2D eigenvalue weighted by atomic mass is 28.4. The number of nitrogens with zero attached hydrogens (tertiary/aromatic N) is 5. The second-order valence-corrected chi connectivity index (χ2v) is 23.0. The standard InChI is InChI=1S/C42H58N6O3Si/c1-40(2,3)51-39(49)48-26-42(7,27-50-52(9,10)41(4,5)6)34-23-32(22-33(25-43)37(34)48)35-15-18-44-38(45-35)46-36-24-30-17-20-47(8)19-16-29(30)21-31(36)14-13-28-11-12-28/h15,18,21-24,28H,11-14,16-17,19-20,26-27H2,1-10H3,(H,44,45,46)/t42-/m1/s1. The van der Waals surface area contributed by atoms with Gasteiger partial charge in [0.2, 0.25) is 5.95 Å². The number of aromatic nitrogens is 2. The summed E-state index contributed by atoms with van der Waals surface area (Å²) in [6, 6.07) is 13.0. The Morgan fingerprint density at radius 1 is 1.08 bits per heavy atom. The maximum absolute atomic E-state index is 13.7. The fourth-order valence-corrected chi connectivity index (χ4v) is 8.13. The lowest BCUT2D eigenvalue weighted by molar-refractivity contribution is 0.0575. The lowest BCUT2D eigenvalue weighted by Gasteiger charge is -2.39. The Labute approximate surface area is 312 Å². The summed E-state index contributed by atoms with van der Waals surface area (Å²) >= 11 is 0. The van der Waals surface area contributed by atoms with Crippen LogP contribution in [0.4, 0.5) is 22.1 Å². The summed E-state index contributed by atoms with van der Waals surface area (Å²) in [4.78, 5) is 27.4. The van der Waals surface area contributed by atoms with E-state index in [2.05, 4.69) is 87.3 Å². The van der Waals surface area contributed by atoms with Crippen molar-refractivity contribution in [2.45, 2.75) is 116 Å². The van der Waals surface area contributed by atoms with Crippen molar-refractivity contribution in [1.29, 1.82) is 5.26 Å². The largest absolute Gasteiger partial charge is 0.443 e. The van der Waals surface area contributed by atoms with Crippen LogP contribution in [-0.2, 0) is 33.8 Å². The fourth-order valence-electron chi connectivity index (χ4n) is 7.01. The van der Waals surface area contributed by atoms with Crippen LogP contribution in [-0.4, -0.2) is 68.2 Å². The monoisotopic (exact) mass is 722 g/mol. The van der Waals surface area contributed by atoms with Crippen molar-refractivity contribution in [3.63, 3.8) is 0 Å². The van der Waals surface area contributed by atoms with E-state index >= 15 is 0 Å². The first-order chi connectivity index (χ1) is 24.4. The van der Waals surface area contributed by atoms with E-state index in [1.54, 1.807) is 11.1 Å². The highest BCUT2D eigenvalue weighted by molar-refractivity contribution is 6.74. The molecule has 0 unspecified atom stereocenters. The van der Waals surface area contributed by atoms with E-state index in [0.717, 1.165) is 55.1 Å². The first kappa shape index (κ1) is 38.0. The zero-order valence-electron chi connectivity index (χ0n) is 33.1. The number of likely N-dealkylation sites (N-methyl/N-ethyl adjacent to an activating group) is 1. The summed E-state index contributed by atoms with van der Waals surface area (Å²) in [6.07, 6.45) is 8.33. The number of carbonyl (C=O) groups excluding carboxylic acids is 1. The Balaban J connectivity index is 1.37. The van der Waals surface area contributed by atoms with Gasteiger partial charge in [0.05, 0.1) is 16.9 Å². The normalized spacial score (nSPS) is 19.4. The van der Waals surface area contributed by atoms with Gasteiger partial charge in [-0.05, 0) is 124 Å². The van der Waals surface area contributed by atoms with Gasteiger partial charge in [0.25, 0.3) is 0 Å². The van der Waals surface area contributed by atoms with Gasteiger partial charge in [-0.25, -0.2) is 14.8 Å². The molecule has 3 heterocycles. The number of hydrogen-bond acceptors (Lipinski definition) is 8. The average Bonchev–Trinajstić information content (AvgIpc) is 3.87. The molecule has 3 aromatic rings. The van der Waals surface area contributed by atoms with Gasteiger partial charge < -0.3 is 19.4 Å². The molecule has 1 N–H and O–H groups in total. The van der Waals surface area contributed by atoms with Crippen molar-refractivity contribution < 1.29 is 14.0 Å². The molecule has 1 atom stereocenters. The first-order valence-corrected chi connectivity index (χ1v) is 21.9. The smallest absolute Gasteiger partial charge is 0.414 e. The quantitative estimate of drug-likeness (QED) is 0.218. The molecule has 0 spiro atoms. The molecule has 1 saturated carbocycles. The van der Waals surface area contributed by atoms with Crippen LogP contribution in [0.15, 0.2) is 36.5 Å². The van der Waals surface area contributed by atoms with Gasteiger partial charge >= 0.3 is 6.09 Å². The number of ether oxygens (including phenoxy) is 1. The van der Waals surface area contributed by atoms with E-state index < -0.39 is 25.4 Å². The zero-order chi connectivity index (χ0) is 37.6. The Bertz CT molecular complexity index is 1870. The van der Waals surface area contributed by atoms with Gasteiger partial charge in [-0.3, -0.25) is 4.90 Å². The number of amides is 1. The molecule has 0 bridgehead atoms. The summed E-state index contributed by atoms with van der Waals surface area (Å²) in [5, 5.41) is 14.2. The minimum absolute atomic E-state index is 0.0189. The molecule has 2 aromatic carbocycles. The number of nitrogens with one attached hydrogen (secondary N) is 1. The molecule has 2 aliphatic heterocycles. The average molecular weight is 723 g/mol. The van der Waals surface area contributed by atoms with Gasteiger partial charge in [0.15, 0.2) is 8.32 Å². The Morgan fingerprint density at radius 2 is 1.77 bits per heavy atom. The van der Waals surface area contributed by atoms with Gasteiger partial charge in [-0.1, -0.05) is 46.6 Å². The topological polar surface area (TPSA) is 104 Å². The van der Waals surface area contributed by atoms with E-state index in [1.165, 1.54) is 36.0 Å². The van der Waals surface area contributed by atoms with Crippen LogP contribution in [0.5, 0.6) is 0 Å². The zero-order valence-corrected chi connectivity index (χ0v) is 34.1. The molecular weight excluding hydrogens is 665 g/mol. The molecule has 3 aliphatic rings. The molecule has 0 radical (unpaired) electrons. The van der Waals surface area contributed by atoms with Crippen molar-refractivity contribution in [3.8, 4) is 17.3 Å². The van der Waals surface area contributed by atoms with Gasteiger partial charge in [0, 0.05) is 49.1 Å². The molecule has 0 saturated heterocycles. The Hall–Kier alpha value is -3.78. The second-order valence-electron chi connectivity index (χ2n) is 18.2. The summed E-state index contributed by atoms with van der Waals surface area (Å²) in [6.45, 7) is 21.7. The minimum atomic E-state index is -2.13. The number of anilines is 3. The summed E-state index contributed by atoms with van der Waals surface area (Å²) < 4.78 is 12.7. The van der Waals surface area contributed by atoms with Crippen LogP contribution in [0.25, 0.3) is 11.3 Å². The highest BCUT2D eigenvalue weighted by Gasteiger charge is 2.47. The maximum atomic E-state index is 13.7. The van der Waals surface area contributed by atoms with Crippen molar-refractivity contribution in [1.82, 2.24) is 14.9 Å². The third kappa shape index (κ3) is 8.38. The van der Waals surface area contributed by atoms with E-state index in [1.807, 2.05) is 32.9 Å². The van der Waals surface area contributed by atoms with Crippen LogP contribution < -0.4 is 10.2 Å². The first-order valence-electron chi connectivity index (χ1n) is 19.0. The molecule has 52 heavy (non-hydrogen) atoms. The van der Waals surface area contributed by atoms with E-state index in [9.17, 15) is 10.1 Å². The minimum Gasteiger partial charge on any atom is -0.443 e. The van der Waals surface area contributed by atoms with Gasteiger partial charge in [-0.2, -0.15) is 5.26 Å². The molecular formula is C42H58N6O3Si. The van der Waals surface area contributed by atoms with Crippen molar-refractivity contribution in [2.24, 2.45) is 5.92 Å². The summed E-state index contributed by atoms with van der Waals surface area (Å²) in [5.74, 6) is 1.37. The molecule has 1 aromatic heterocycles. The van der Waals surface area contributed by atoms with Crippen LogP contribution in [0.3, 0.4) is 0 Å². The Kier molecular flexibility index (Phi) is 10.4. The number of benzene rings is 2. The number of fused-ring (bicyclic) bond motifs is 2. The fraction of sp³-hybridized carbons (Fsp3) is 0.571. The van der Waals surface area contributed by atoms with Crippen molar-refractivity contribution in [2.75, 3.05) is 43.5 Å². The maximum Gasteiger partial charge on any atom is 0.414 e. The molecule has 1 fully saturated rings. The molecule has 1 amide bonds. The molecule has 1 aliphatic carbocycles. The van der Waals surface area contributed by atoms with Crippen LogP contribution in [0.1, 0.15) is 95.5 Å². The van der Waals surface area contributed by atoms with Gasteiger partial charge in [0.1, 0.15) is 11.7 Å². The van der Waals surface area contributed by atoms with Crippen LogP contribution >= 0.6 is 0 Å². The summed E-state index contributed by atoms with van der Waals surface area (Å²) in [5.41, 5.74) is 7.37. The van der Waals surface area contributed by atoms with Crippen molar-refractivity contribution >= 4 is 31.7 Å². The molecule has 10 heteroatoms. The number of carbonyl (C=O) groups is 1. The number of aryl methyl sites for hydroxylation is 1. The van der Waals surface area contributed by atoms with Crippen LogP contribution in [0.2, 0.25) is 18.1 Å². The van der Waals surface area contributed by atoms with Gasteiger partial charge in [-0.15, -0.1) is 0 Å². The number of hydrogen-bond donors (Lipinski definition) is 1. The predicted octanol–water partition coefficient (Wildman–Crippen LogP) is 9.17. The number of nitriles is 1. The SMILES string of the molecule is CN1CCc2cc(CCC3CC3)c(Nc3nccc(-c4cc(C#N)c5c(c4)[C@@](C)(CO[Si](C)(C)C(C)(C)C)CN5C(=O)OC(C)(C)C)n3)cc2CC1. The second kappa shape index (κ2) is 14.2. The highest BCUT2D eigenvalue weighted by Crippen LogP contribution is 2.47. The lowest BCUT2D eigenvalue weighted by Crippen LogP contribution is -2.46. The third-order valence-electron chi connectivity index (χ3n) is 11.5. The van der Waals surface area contributed by atoms with E-state index in [4.69, 9.17) is 14.1 Å². The number of rotatable bonds is 9. The molecule has 9 nitrogen and oxygen atoms in total. The third-order valence-corrected chi connectivity index (χ3v) is 16.0. The van der Waals surface area contributed by atoms with Crippen molar-refractivity contribution in [3.05, 3.63) is 64.3 Å². The predicted molar refractivity (Wildman–Crippen MR) is 212 cm³/mol. The lowest BCUT2D eigenvalue weighted by atomic mass is 9.83. The summed E-state index contributed by atoms with van der Waals surface area (Å²) in [7, 11) is 0.0699. The van der Waals surface area contributed by atoms with E-state index in [0.29, 0.717) is 36.0 Å². The Morgan fingerprint density at radius 3 is 2.40 bits per heavy atom.